The number of nitrogens with zero attached hydrogens (tertiary/aromatic N) is 5. The molecule has 0 spiro atoms. The molecule has 120 valence electrons. The maximum absolute atomic E-state index is 13.1. The summed E-state index contributed by atoms with van der Waals surface area (Å²) < 4.78 is 14.8. The smallest absolute Gasteiger partial charge is 0.163 e. The summed E-state index contributed by atoms with van der Waals surface area (Å²) in [5, 5.41) is 8.45. The monoisotopic (exact) mass is 314 g/mol. The normalized spacial score (nSPS) is 12.7. The topological polar surface area (TPSA) is 58.9 Å². The third-order valence-corrected chi connectivity index (χ3v) is 3.87. The van der Waals surface area contributed by atoms with Gasteiger partial charge in [0.15, 0.2) is 5.65 Å². The molecule has 0 aliphatic heterocycles. The first kappa shape index (κ1) is 15.4. The number of hydrogen-bond donors (Lipinski definition) is 1. The Labute approximate surface area is 134 Å². The zero-order valence-corrected chi connectivity index (χ0v) is 13.4. The molecule has 1 N–H and O–H groups in total. The van der Waals surface area contributed by atoms with E-state index in [1.807, 2.05) is 21.1 Å². The summed E-state index contributed by atoms with van der Waals surface area (Å²) in [5.41, 5.74) is 1.83. The molecule has 0 radical (unpaired) electrons. The van der Waals surface area contributed by atoms with Crippen LogP contribution in [0.5, 0.6) is 0 Å². The molecule has 0 saturated heterocycles. The van der Waals surface area contributed by atoms with Crippen molar-refractivity contribution in [2.45, 2.75) is 6.04 Å². The van der Waals surface area contributed by atoms with E-state index < -0.39 is 0 Å². The van der Waals surface area contributed by atoms with Crippen LogP contribution in [0.4, 0.5) is 10.2 Å². The number of rotatable bonds is 5. The average Bonchev–Trinajstić information content (AvgIpc) is 2.91. The van der Waals surface area contributed by atoms with E-state index in [4.69, 9.17) is 0 Å². The van der Waals surface area contributed by atoms with Crippen molar-refractivity contribution >= 4 is 16.9 Å². The quantitative estimate of drug-likeness (QED) is 0.782. The van der Waals surface area contributed by atoms with Gasteiger partial charge in [-0.2, -0.15) is 5.10 Å². The summed E-state index contributed by atoms with van der Waals surface area (Å²) in [5.74, 6) is 0.518. The van der Waals surface area contributed by atoms with Crippen molar-refractivity contribution in [3.63, 3.8) is 0 Å². The first-order valence-corrected chi connectivity index (χ1v) is 7.34. The molecule has 3 rings (SSSR count). The van der Waals surface area contributed by atoms with Crippen LogP contribution in [0.2, 0.25) is 0 Å². The number of benzene rings is 1. The third-order valence-electron chi connectivity index (χ3n) is 3.87. The fourth-order valence-corrected chi connectivity index (χ4v) is 2.58. The highest BCUT2D eigenvalue weighted by Gasteiger charge is 2.15. The maximum Gasteiger partial charge on any atom is 0.163 e. The van der Waals surface area contributed by atoms with Gasteiger partial charge < -0.3 is 10.2 Å². The number of fused-ring (bicyclic) bond motifs is 1. The number of aromatic nitrogens is 4. The molecule has 2 aromatic heterocycles. The highest BCUT2D eigenvalue weighted by Crippen LogP contribution is 2.22. The molecule has 1 atom stereocenters. The van der Waals surface area contributed by atoms with Crippen molar-refractivity contribution in [2.75, 3.05) is 26.0 Å². The standard InChI is InChI=1S/C16H19FN6/c1-22(2)14(11-4-6-12(17)7-5-11)9-18-15-13-8-21-23(3)16(13)20-10-19-15/h4-8,10,14H,9H2,1-3H3,(H,18,19,20). The van der Waals surface area contributed by atoms with Gasteiger partial charge in [-0.05, 0) is 31.8 Å². The number of anilines is 1. The lowest BCUT2D eigenvalue weighted by molar-refractivity contribution is 0.311. The van der Waals surface area contributed by atoms with Crippen LogP contribution in [0.1, 0.15) is 11.6 Å². The molecule has 6 nitrogen and oxygen atoms in total. The Morgan fingerprint density at radius 1 is 1.22 bits per heavy atom. The molecule has 7 heteroatoms. The molecule has 2 heterocycles. The minimum absolute atomic E-state index is 0.0947. The number of aryl methyl sites for hydroxylation is 1. The Morgan fingerprint density at radius 3 is 2.65 bits per heavy atom. The van der Waals surface area contributed by atoms with E-state index in [0.717, 1.165) is 22.4 Å². The molecule has 0 amide bonds. The fraction of sp³-hybridized carbons (Fsp3) is 0.312. The molecular formula is C16H19FN6. The molecule has 1 unspecified atom stereocenters. The SMILES string of the molecule is CN(C)C(CNc1ncnc2c1cnn2C)c1ccc(F)cc1. The van der Waals surface area contributed by atoms with Gasteiger partial charge in [0.2, 0.25) is 0 Å². The molecule has 0 saturated carbocycles. The van der Waals surface area contributed by atoms with E-state index in [0.29, 0.717) is 6.54 Å². The molecule has 0 aliphatic carbocycles. The lowest BCUT2D eigenvalue weighted by atomic mass is 10.1. The second kappa shape index (κ2) is 6.29. The summed E-state index contributed by atoms with van der Waals surface area (Å²) in [6.07, 6.45) is 3.27. The second-order valence-corrected chi connectivity index (χ2v) is 5.64. The van der Waals surface area contributed by atoms with E-state index in [-0.39, 0.29) is 11.9 Å². The summed E-state index contributed by atoms with van der Waals surface area (Å²) in [6, 6.07) is 6.67. The molecule has 3 aromatic rings. The molecule has 0 fully saturated rings. The fourth-order valence-electron chi connectivity index (χ4n) is 2.58. The van der Waals surface area contributed by atoms with Gasteiger partial charge in [0, 0.05) is 13.6 Å². The van der Waals surface area contributed by atoms with Gasteiger partial charge in [0.1, 0.15) is 18.0 Å². The average molecular weight is 314 g/mol. The van der Waals surface area contributed by atoms with Gasteiger partial charge >= 0.3 is 0 Å². The van der Waals surface area contributed by atoms with Gasteiger partial charge in [-0.25, -0.2) is 14.4 Å². The van der Waals surface area contributed by atoms with Crippen molar-refractivity contribution in [3.05, 3.63) is 48.2 Å². The van der Waals surface area contributed by atoms with Crippen LogP contribution < -0.4 is 5.32 Å². The summed E-state index contributed by atoms with van der Waals surface area (Å²) in [6.45, 7) is 0.639. The van der Waals surface area contributed by atoms with Crippen LogP contribution in [0.25, 0.3) is 11.0 Å². The number of likely N-dealkylation sites (N-methyl/N-ethyl adjacent to an activating group) is 1. The van der Waals surface area contributed by atoms with Crippen LogP contribution >= 0.6 is 0 Å². The van der Waals surface area contributed by atoms with Crippen molar-refractivity contribution in [1.29, 1.82) is 0 Å². The maximum atomic E-state index is 13.1. The summed E-state index contributed by atoms with van der Waals surface area (Å²) in [4.78, 5) is 10.6. The Kier molecular flexibility index (Phi) is 4.20. The predicted molar refractivity (Wildman–Crippen MR) is 87.6 cm³/mol. The van der Waals surface area contributed by atoms with Crippen molar-refractivity contribution < 1.29 is 4.39 Å². The third kappa shape index (κ3) is 3.14. The van der Waals surface area contributed by atoms with Crippen LogP contribution in [0.15, 0.2) is 36.8 Å². The molecule has 1 aromatic carbocycles. The zero-order valence-electron chi connectivity index (χ0n) is 13.4. The lowest BCUT2D eigenvalue weighted by Crippen LogP contribution is -2.27. The van der Waals surface area contributed by atoms with Crippen molar-refractivity contribution in [2.24, 2.45) is 7.05 Å². The van der Waals surface area contributed by atoms with E-state index in [9.17, 15) is 4.39 Å². The van der Waals surface area contributed by atoms with Gasteiger partial charge in [-0.1, -0.05) is 12.1 Å². The van der Waals surface area contributed by atoms with Gasteiger partial charge in [-0.3, -0.25) is 4.68 Å². The van der Waals surface area contributed by atoms with Crippen molar-refractivity contribution in [1.82, 2.24) is 24.6 Å². The van der Waals surface area contributed by atoms with E-state index >= 15 is 0 Å². The number of nitrogens with one attached hydrogen (secondary N) is 1. The van der Waals surface area contributed by atoms with Crippen LogP contribution in [0, 0.1) is 5.82 Å². The Balaban J connectivity index is 1.82. The van der Waals surface area contributed by atoms with Gasteiger partial charge in [-0.15, -0.1) is 0 Å². The predicted octanol–water partition coefficient (Wildman–Crippen LogP) is 2.22. The first-order valence-electron chi connectivity index (χ1n) is 7.34. The Bertz CT molecular complexity index is 796. The largest absolute Gasteiger partial charge is 0.367 e. The minimum atomic E-state index is -0.230. The zero-order chi connectivity index (χ0) is 16.4. The van der Waals surface area contributed by atoms with E-state index in [1.54, 1.807) is 23.0 Å². The Hall–Kier alpha value is -2.54. The minimum Gasteiger partial charge on any atom is -0.367 e. The Morgan fingerprint density at radius 2 is 1.96 bits per heavy atom. The van der Waals surface area contributed by atoms with E-state index in [2.05, 4.69) is 25.3 Å². The lowest BCUT2D eigenvalue weighted by Gasteiger charge is -2.25. The molecule has 0 bridgehead atoms. The van der Waals surface area contributed by atoms with Crippen LogP contribution in [-0.2, 0) is 7.05 Å². The molecular weight excluding hydrogens is 295 g/mol. The second-order valence-electron chi connectivity index (χ2n) is 5.64. The summed E-state index contributed by atoms with van der Waals surface area (Å²) >= 11 is 0. The highest BCUT2D eigenvalue weighted by molar-refractivity contribution is 5.85. The highest BCUT2D eigenvalue weighted by atomic mass is 19.1. The first-order chi connectivity index (χ1) is 11.1. The van der Waals surface area contributed by atoms with Crippen LogP contribution in [-0.4, -0.2) is 45.3 Å². The van der Waals surface area contributed by atoms with Crippen molar-refractivity contribution in [3.8, 4) is 0 Å². The van der Waals surface area contributed by atoms with Gasteiger partial charge in [0.05, 0.1) is 17.6 Å². The van der Waals surface area contributed by atoms with Crippen LogP contribution in [0.3, 0.4) is 0 Å². The number of halogens is 1. The molecule has 23 heavy (non-hydrogen) atoms. The molecule has 0 aliphatic rings. The number of hydrogen-bond acceptors (Lipinski definition) is 5. The summed E-state index contributed by atoms with van der Waals surface area (Å²) in [7, 11) is 5.84. The van der Waals surface area contributed by atoms with E-state index in [1.165, 1.54) is 18.5 Å². The van der Waals surface area contributed by atoms with Gasteiger partial charge in [0.25, 0.3) is 0 Å².